The second kappa shape index (κ2) is 5.24. The van der Waals surface area contributed by atoms with E-state index in [-0.39, 0.29) is 5.75 Å². The Labute approximate surface area is 111 Å². The molecule has 100 valence electrons. The summed E-state index contributed by atoms with van der Waals surface area (Å²) in [6.45, 7) is 2.70. The van der Waals surface area contributed by atoms with Crippen LogP contribution in [0.1, 0.15) is 13.3 Å². The molecule has 0 saturated heterocycles. The predicted octanol–water partition coefficient (Wildman–Crippen LogP) is 2.26. The van der Waals surface area contributed by atoms with Crippen molar-refractivity contribution in [3.63, 3.8) is 0 Å². The number of hydrogen-bond acceptors (Lipinski definition) is 4. The maximum Gasteiger partial charge on any atom is 0.232 e. The Kier molecular flexibility index (Phi) is 3.87. The highest BCUT2D eigenvalue weighted by atomic mass is 35.5. The van der Waals surface area contributed by atoms with Gasteiger partial charge >= 0.3 is 0 Å². The Morgan fingerprint density at radius 1 is 1.28 bits per heavy atom. The first-order valence-corrected chi connectivity index (χ1v) is 7.64. The number of ether oxygens (including phenoxy) is 2. The van der Waals surface area contributed by atoms with Crippen molar-refractivity contribution in [3.8, 4) is 11.5 Å². The van der Waals surface area contributed by atoms with E-state index in [1.807, 2.05) is 0 Å². The molecule has 0 aromatic heterocycles. The zero-order chi connectivity index (χ0) is 13.2. The van der Waals surface area contributed by atoms with Crippen molar-refractivity contribution in [1.29, 1.82) is 0 Å². The van der Waals surface area contributed by atoms with Gasteiger partial charge in [-0.2, -0.15) is 0 Å². The predicted molar refractivity (Wildman–Crippen MR) is 70.1 cm³/mol. The molecule has 18 heavy (non-hydrogen) atoms. The standard InChI is InChI=1S/C11H14ClNO4S/c1-2-5-18(14,15)13-9-7-11-10(6-8(9)12)16-3-4-17-11/h6-7,13H,2-5H2,1H3. The molecule has 0 saturated carbocycles. The Hall–Kier alpha value is -1.14. The van der Waals surface area contributed by atoms with Crippen LogP contribution in [-0.4, -0.2) is 27.4 Å². The van der Waals surface area contributed by atoms with E-state index >= 15 is 0 Å². The summed E-state index contributed by atoms with van der Waals surface area (Å²) in [5.41, 5.74) is 0.314. The number of rotatable bonds is 4. The van der Waals surface area contributed by atoms with Crippen LogP contribution in [0, 0.1) is 0 Å². The molecule has 1 N–H and O–H groups in total. The number of fused-ring (bicyclic) bond motifs is 1. The van der Waals surface area contributed by atoms with Gasteiger partial charge in [0.05, 0.1) is 16.5 Å². The molecule has 5 nitrogen and oxygen atoms in total. The number of anilines is 1. The first-order valence-electron chi connectivity index (χ1n) is 5.61. The summed E-state index contributed by atoms with van der Waals surface area (Å²) in [6.07, 6.45) is 0.539. The van der Waals surface area contributed by atoms with Crippen LogP contribution in [-0.2, 0) is 10.0 Å². The van der Waals surface area contributed by atoms with Crippen LogP contribution in [0.25, 0.3) is 0 Å². The average Bonchev–Trinajstić information content (AvgIpc) is 2.29. The van der Waals surface area contributed by atoms with Crippen LogP contribution in [0.15, 0.2) is 12.1 Å². The largest absolute Gasteiger partial charge is 0.486 e. The lowest BCUT2D eigenvalue weighted by atomic mass is 10.2. The number of halogens is 1. The fourth-order valence-electron chi connectivity index (χ4n) is 1.63. The molecule has 1 heterocycles. The first kappa shape index (κ1) is 13.3. The van der Waals surface area contributed by atoms with E-state index in [1.54, 1.807) is 19.1 Å². The highest BCUT2D eigenvalue weighted by molar-refractivity contribution is 7.92. The molecule has 0 unspecified atom stereocenters. The summed E-state index contributed by atoms with van der Waals surface area (Å²) < 4.78 is 36.5. The molecule has 7 heteroatoms. The fourth-order valence-corrected chi connectivity index (χ4v) is 3.03. The molecule has 1 aromatic carbocycles. The van der Waals surface area contributed by atoms with Crippen LogP contribution in [0.4, 0.5) is 5.69 Å². The van der Waals surface area contributed by atoms with Gasteiger partial charge in [0.1, 0.15) is 13.2 Å². The molecule has 0 amide bonds. The molecule has 0 spiro atoms. The van der Waals surface area contributed by atoms with Gasteiger partial charge in [0.25, 0.3) is 0 Å². The van der Waals surface area contributed by atoms with Gasteiger partial charge < -0.3 is 9.47 Å². The van der Waals surface area contributed by atoms with E-state index in [0.29, 0.717) is 41.8 Å². The van der Waals surface area contributed by atoms with E-state index in [9.17, 15) is 8.42 Å². The maximum atomic E-state index is 11.7. The molecule has 1 aromatic rings. The van der Waals surface area contributed by atoms with Crippen molar-refractivity contribution in [3.05, 3.63) is 17.2 Å². The fraction of sp³-hybridized carbons (Fsp3) is 0.455. The van der Waals surface area contributed by atoms with E-state index < -0.39 is 10.0 Å². The zero-order valence-electron chi connectivity index (χ0n) is 9.90. The minimum Gasteiger partial charge on any atom is -0.486 e. The Morgan fingerprint density at radius 2 is 1.89 bits per heavy atom. The van der Waals surface area contributed by atoms with Gasteiger partial charge in [0.15, 0.2) is 11.5 Å². The maximum absolute atomic E-state index is 11.7. The van der Waals surface area contributed by atoms with E-state index in [0.717, 1.165) is 0 Å². The van der Waals surface area contributed by atoms with Gasteiger partial charge in [-0.1, -0.05) is 18.5 Å². The molecule has 0 bridgehead atoms. The van der Waals surface area contributed by atoms with Crippen LogP contribution in [0.3, 0.4) is 0 Å². The molecule has 0 atom stereocenters. The topological polar surface area (TPSA) is 64.6 Å². The van der Waals surface area contributed by atoms with Crippen LogP contribution >= 0.6 is 11.6 Å². The van der Waals surface area contributed by atoms with Crippen LogP contribution < -0.4 is 14.2 Å². The quantitative estimate of drug-likeness (QED) is 0.924. The number of nitrogens with one attached hydrogen (secondary N) is 1. The highest BCUT2D eigenvalue weighted by Gasteiger charge is 2.18. The number of hydrogen-bond donors (Lipinski definition) is 1. The third-order valence-electron chi connectivity index (χ3n) is 2.37. The molecule has 2 rings (SSSR count). The average molecular weight is 292 g/mol. The van der Waals surface area contributed by atoms with E-state index in [4.69, 9.17) is 21.1 Å². The lowest BCUT2D eigenvalue weighted by Crippen LogP contribution is -2.18. The van der Waals surface area contributed by atoms with Gasteiger partial charge in [-0.25, -0.2) is 8.42 Å². The second-order valence-electron chi connectivity index (χ2n) is 3.90. The molecule has 1 aliphatic rings. The van der Waals surface area contributed by atoms with Crippen molar-refractivity contribution in [2.45, 2.75) is 13.3 Å². The summed E-state index contributed by atoms with van der Waals surface area (Å²) in [5.74, 6) is 1.09. The lowest BCUT2D eigenvalue weighted by molar-refractivity contribution is 0.171. The van der Waals surface area contributed by atoms with Crippen molar-refractivity contribution in [2.24, 2.45) is 0 Å². The molecule has 0 radical (unpaired) electrons. The zero-order valence-corrected chi connectivity index (χ0v) is 11.5. The smallest absolute Gasteiger partial charge is 0.232 e. The molecule has 0 fully saturated rings. The minimum absolute atomic E-state index is 0.0533. The summed E-state index contributed by atoms with van der Waals surface area (Å²) in [7, 11) is -3.36. The monoisotopic (exact) mass is 291 g/mol. The summed E-state index contributed by atoms with van der Waals surface area (Å²) in [6, 6.07) is 3.10. The molecular weight excluding hydrogens is 278 g/mol. The third kappa shape index (κ3) is 3.00. The third-order valence-corrected chi connectivity index (χ3v) is 4.16. The van der Waals surface area contributed by atoms with E-state index in [2.05, 4.69) is 4.72 Å². The minimum atomic E-state index is -3.36. The normalized spacial score (nSPS) is 14.3. The van der Waals surface area contributed by atoms with Crippen molar-refractivity contribution < 1.29 is 17.9 Å². The summed E-state index contributed by atoms with van der Waals surface area (Å²) in [5, 5.41) is 0.291. The lowest BCUT2D eigenvalue weighted by Gasteiger charge is -2.20. The highest BCUT2D eigenvalue weighted by Crippen LogP contribution is 2.38. The van der Waals surface area contributed by atoms with Crippen LogP contribution in [0.5, 0.6) is 11.5 Å². The SMILES string of the molecule is CCCS(=O)(=O)Nc1cc2c(cc1Cl)OCCO2. The molecular formula is C11H14ClNO4S. The number of benzene rings is 1. The van der Waals surface area contributed by atoms with Crippen molar-refractivity contribution in [1.82, 2.24) is 0 Å². The van der Waals surface area contributed by atoms with Gasteiger partial charge in [-0.05, 0) is 6.42 Å². The Balaban J connectivity index is 2.29. The van der Waals surface area contributed by atoms with Gasteiger partial charge in [-0.15, -0.1) is 0 Å². The van der Waals surface area contributed by atoms with Crippen molar-refractivity contribution in [2.75, 3.05) is 23.7 Å². The van der Waals surface area contributed by atoms with Crippen LogP contribution in [0.2, 0.25) is 5.02 Å². The van der Waals surface area contributed by atoms with Gasteiger partial charge in [0, 0.05) is 12.1 Å². The summed E-state index contributed by atoms with van der Waals surface area (Å²) >= 11 is 6.00. The van der Waals surface area contributed by atoms with E-state index in [1.165, 1.54) is 0 Å². The molecule has 1 aliphatic heterocycles. The van der Waals surface area contributed by atoms with Gasteiger partial charge in [0.2, 0.25) is 10.0 Å². The first-order chi connectivity index (χ1) is 8.52. The Bertz CT molecular complexity index is 544. The summed E-state index contributed by atoms with van der Waals surface area (Å²) in [4.78, 5) is 0. The second-order valence-corrected chi connectivity index (χ2v) is 6.15. The number of sulfonamides is 1. The molecule has 0 aliphatic carbocycles. The van der Waals surface area contributed by atoms with Crippen molar-refractivity contribution >= 4 is 27.3 Å². The van der Waals surface area contributed by atoms with Gasteiger partial charge in [-0.3, -0.25) is 4.72 Å². The Morgan fingerprint density at radius 3 is 2.50 bits per heavy atom.